The van der Waals surface area contributed by atoms with Crippen molar-refractivity contribution in [3.05, 3.63) is 11.6 Å². The van der Waals surface area contributed by atoms with Gasteiger partial charge in [-0.05, 0) is 68.6 Å². The Morgan fingerprint density at radius 2 is 1.50 bits per heavy atom. The van der Waals surface area contributed by atoms with Crippen LogP contribution in [0.4, 0.5) is 0 Å². The smallest absolute Gasteiger partial charge is 0.195 e. The van der Waals surface area contributed by atoms with Crippen molar-refractivity contribution in [1.82, 2.24) is 0 Å². The Bertz CT molecular complexity index is 751. The first-order valence-corrected chi connectivity index (χ1v) is 12.2. The average Bonchev–Trinajstić information content (AvgIpc) is 3.43. The SMILES string of the molecule is CC1([C@]2(O)CC[C@@H]3[C@H]4CC=C5CC6(CC[C@@]5(C)[C@@H]4CC[C@@]32C)OCCO6)OCCO1. The van der Waals surface area contributed by atoms with Crippen molar-refractivity contribution < 1.29 is 24.1 Å². The van der Waals surface area contributed by atoms with E-state index in [9.17, 15) is 5.11 Å². The van der Waals surface area contributed by atoms with Crippen LogP contribution in [0.15, 0.2) is 11.6 Å². The molecule has 4 aliphatic carbocycles. The summed E-state index contributed by atoms with van der Waals surface area (Å²) >= 11 is 0. The average molecular weight is 419 g/mol. The van der Waals surface area contributed by atoms with Crippen LogP contribution in [0.5, 0.6) is 0 Å². The van der Waals surface area contributed by atoms with E-state index in [-0.39, 0.29) is 16.6 Å². The number of hydrogen-bond acceptors (Lipinski definition) is 5. The molecule has 2 aliphatic heterocycles. The highest BCUT2D eigenvalue weighted by Crippen LogP contribution is 2.69. The Kier molecular flexibility index (Phi) is 4.25. The first kappa shape index (κ1) is 20.2. The van der Waals surface area contributed by atoms with E-state index in [1.165, 1.54) is 6.42 Å². The van der Waals surface area contributed by atoms with Crippen LogP contribution in [0.2, 0.25) is 0 Å². The van der Waals surface area contributed by atoms with Gasteiger partial charge in [-0.15, -0.1) is 0 Å². The zero-order valence-electron chi connectivity index (χ0n) is 18.9. The van der Waals surface area contributed by atoms with Crippen molar-refractivity contribution >= 4 is 0 Å². The zero-order chi connectivity index (χ0) is 20.8. The number of aliphatic hydroxyl groups is 1. The highest BCUT2D eigenvalue weighted by Gasteiger charge is 2.70. The van der Waals surface area contributed by atoms with Gasteiger partial charge in [-0.1, -0.05) is 25.5 Å². The maximum Gasteiger partial charge on any atom is 0.195 e. The summed E-state index contributed by atoms with van der Waals surface area (Å²) in [5.74, 6) is 0.638. The molecule has 1 spiro atoms. The summed E-state index contributed by atoms with van der Waals surface area (Å²) in [5.41, 5.74) is 0.764. The Labute approximate surface area is 180 Å². The molecule has 0 unspecified atom stereocenters. The van der Waals surface area contributed by atoms with E-state index < -0.39 is 11.4 Å². The van der Waals surface area contributed by atoms with E-state index in [1.807, 2.05) is 6.92 Å². The molecule has 30 heavy (non-hydrogen) atoms. The monoisotopic (exact) mass is 418 g/mol. The third-order valence-electron chi connectivity index (χ3n) is 10.7. The number of hydrogen-bond donors (Lipinski definition) is 1. The fourth-order valence-corrected chi connectivity index (χ4v) is 8.86. The van der Waals surface area contributed by atoms with Crippen molar-refractivity contribution in [3.8, 4) is 0 Å². The molecule has 6 aliphatic rings. The molecule has 5 fully saturated rings. The molecule has 0 aromatic carbocycles. The van der Waals surface area contributed by atoms with E-state index in [1.54, 1.807) is 5.57 Å². The summed E-state index contributed by atoms with van der Waals surface area (Å²) in [6, 6.07) is 0. The van der Waals surface area contributed by atoms with Gasteiger partial charge in [0.05, 0.1) is 26.4 Å². The summed E-state index contributed by atoms with van der Waals surface area (Å²) in [6.07, 6.45) is 10.8. The molecule has 0 amide bonds. The second kappa shape index (κ2) is 6.32. The summed E-state index contributed by atoms with van der Waals surface area (Å²) in [6.45, 7) is 9.45. The molecule has 6 rings (SSSR count). The minimum Gasteiger partial charge on any atom is -0.384 e. The number of fused-ring (bicyclic) bond motifs is 5. The normalized spacial score (nSPS) is 51.3. The molecule has 6 atom stereocenters. The van der Waals surface area contributed by atoms with Crippen molar-refractivity contribution in [2.24, 2.45) is 28.6 Å². The third-order valence-corrected chi connectivity index (χ3v) is 10.7. The predicted molar refractivity (Wildman–Crippen MR) is 112 cm³/mol. The largest absolute Gasteiger partial charge is 0.384 e. The lowest BCUT2D eigenvalue weighted by molar-refractivity contribution is -0.299. The molecule has 0 aromatic rings. The third kappa shape index (κ3) is 2.37. The summed E-state index contributed by atoms with van der Waals surface area (Å²) in [4.78, 5) is 0. The molecule has 2 saturated heterocycles. The molecule has 3 saturated carbocycles. The maximum absolute atomic E-state index is 12.0. The summed E-state index contributed by atoms with van der Waals surface area (Å²) in [7, 11) is 0. The standard InChI is InChI=1S/C25H38O5/c1-21-10-11-24(29-14-15-30-24)16-17(21)4-5-18-19(21)6-8-22(2)20(18)7-9-25(22,26)23(3)27-12-13-28-23/h4,18-20,26H,5-16H2,1-3H3/t18-,19+,20+,21+,22-,25-/m0/s1. The maximum atomic E-state index is 12.0. The Morgan fingerprint density at radius 3 is 2.23 bits per heavy atom. The minimum atomic E-state index is -0.904. The Morgan fingerprint density at radius 1 is 0.833 bits per heavy atom. The van der Waals surface area contributed by atoms with Crippen LogP contribution in [0.3, 0.4) is 0 Å². The van der Waals surface area contributed by atoms with E-state index in [4.69, 9.17) is 18.9 Å². The van der Waals surface area contributed by atoms with Crippen molar-refractivity contribution in [2.45, 2.75) is 89.3 Å². The quantitative estimate of drug-likeness (QED) is 0.647. The molecule has 2 heterocycles. The van der Waals surface area contributed by atoms with Gasteiger partial charge in [0.1, 0.15) is 5.60 Å². The molecule has 0 bridgehead atoms. The van der Waals surface area contributed by atoms with Gasteiger partial charge in [-0.2, -0.15) is 0 Å². The molecule has 0 radical (unpaired) electrons. The number of ether oxygens (including phenoxy) is 4. The van der Waals surface area contributed by atoms with Crippen molar-refractivity contribution in [2.75, 3.05) is 26.4 Å². The van der Waals surface area contributed by atoms with Gasteiger partial charge in [0.25, 0.3) is 0 Å². The van der Waals surface area contributed by atoms with Gasteiger partial charge in [0.2, 0.25) is 0 Å². The zero-order valence-corrected chi connectivity index (χ0v) is 18.9. The van der Waals surface area contributed by atoms with Gasteiger partial charge in [0, 0.05) is 18.3 Å². The summed E-state index contributed by atoms with van der Waals surface area (Å²) < 4.78 is 24.2. The van der Waals surface area contributed by atoms with E-state index in [0.717, 1.165) is 58.2 Å². The van der Waals surface area contributed by atoms with E-state index >= 15 is 0 Å². The lowest BCUT2D eigenvalue weighted by Gasteiger charge is -2.60. The molecule has 1 N–H and O–H groups in total. The van der Waals surface area contributed by atoms with Crippen LogP contribution in [-0.4, -0.2) is 48.7 Å². The molecule has 168 valence electrons. The summed E-state index contributed by atoms with van der Waals surface area (Å²) in [5, 5.41) is 12.0. The molecule has 5 nitrogen and oxygen atoms in total. The lowest BCUT2D eigenvalue weighted by Crippen LogP contribution is -2.63. The fourth-order valence-electron chi connectivity index (χ4n) is 8.86. The molecular weight excluding hydrogens is 380 g/mol. The van der Waals surface area contributed by atoms with Crippen molar-refractivity contribution in [3.63, 3.8) is 0 Å². The van der Waals surface area contributed by atoms with Crippen molar-refractivity contribution in [1.29, 1.82) is 0 Å². The van der Waals surface area contributed by atoms with Crippen LogP contribution >= 0.6 is 0 Å². The lowest BCUT2D eigenvalue weighted by atomic mass is 9.46. The Hall–Kier alpha value is -0.460. The van der Waals surface area contributed by atoms with Crippen LogP contribution in [0, 0.1) is 28.6 Å². The van der Waals surface area contributed by atoms with Crippen LogP contribution in [-0.2, 0) is 18.9 Å². The van der Waals surface area contributed by atoms with Gasteiger partial charge < -0.3 is 24.1 Å². The molecule has 5 heteroatoms. The molecule has 0 aromatic heterocycles. The van der Waals surface area contributed by atoms with Gasteiger partial charge in [-0.3, -0.25) is 0 Å². The first-order valence-electron chi connectivity index (χ1n) is 12.2. The van der Waals surface area contributed by atoms with Gasteiger partial charge in [-0.25, -0.2) is 0 Å². The van der Waals surface area contributed by atoms with Gasteiger partial charge in [0.15, 0.2) is 11.6 Å². The van der Waals surface area contributed by atoms with Crippen LogP contribution in [0.25, 0.3) is 0 Å². The van der Waals surface area contributed by atoms with Crippen LogP contribution in [0.1, 0.15) is 72.1 Å². The highest BCUT2D eigenvalue weighted by atomic mass is 16.8. The van der Waals surface area contributed by atoms with E-state index in [0.29, 0.717) is 31.0 Å². The Balaban J connectivity index is 1.31. The second-order valence-electron chi connectivity index (χ2n) is 11.5. The second-order valence-corrected chi connectivity index (χ2v) is 11.5. The van der Waals surface area contributed by atoms with E-state index in [2.05, 4.69) is 19.9 Å². The van der Waals surface area contributed by atoms with Crippen LogP contribution < -0.4 is 0 Å². The first-order chi connectivity index (χ1) is 14.3. The van der Waals surface area contributed by atoms with Gasteiger partial charge >= 0.3 is 0 Å². The minimum absolute atomic E-state index is 0.150. The topological polar surface area (TPSA) is 57.2 Å². The number of allylic oxidation sites excluding steroid dienone is 1. The highest BCUT2D eigenvalue weighted by molar-refractivity contribution is 5.28. The predicted octanol–water partition coefficient (Wildman–Crippen LogP) is 4.19. The number of rotatable bonds is 1. The fraction of sp³-hybridized carbons (Fsp3) is 0.920. The molecular formula is C25H38O5.